The van der Waals surface area contributed by atoms with Crippen LogP contribution in [0.3, 0.4) is 0 Å². The van der Waals surface area contributed by atoms with Crippen LogP contribution in [0, 0.1) is 13.8 Å². The van der Waals surface area contributed by atoms with Crippen LogP contribution in [0.5, 0.6) is 0 Å². The van der Waals surface area contributed by atoms with Gasteiger partial charge in [-0.05, 0) is 13.8 Å². The predicted molar refractivity (Wildman–Crippen MR) is 60.0 cm³/mol. The van der Waals surface area contributed by atoms with Gasteiger partial charge in [0, 0.05) is 29.2 Å². The molecule has 1 unspecified atom stereocenters. The molecule has 0 aromatic carbocycles. The van der Waals surface area contributed by atoms with E-state index in [-0.39, 0.29) is 0 Å². The van der Waals surface area contributed by atoms with Crippen LogP contribution in [0.1, 0.15) is 29.1 Å². The Labute approximate surface area is 87.6 Å². The van der Waals surface area contributed by atoms with E-state index in [2.05, 4.69) is 36.4 Å². The van der Waals surface area contributed by atoms with Gasteiger partial charge in [-0.3, -0.25) is 4.40 Å². The van der Waals surface area contributed by atoms with E-state index in [1.54, 1.807) is 11.3 Å². The van der Waals surface area contributed by atoms with Gasteiger partial charge >= 0.3 is 0 Å². The lowest BCUT2D eigenvalue weighted by Crippen LogP contribution is -2.08. The Kier molecular flexibility index (Phi) is 2.33. The summed E-state index contributed by atoms with van der Waals surface area (Å²) in [5.41, 5.74) is 8.00. The molecule has 3 nitrogen and oxygen atoms in total. The molecule has 2 rings (SSSR count). The summed E-state index contributed by atoms with van der Waals surface area (Å²) < 4.78 is 2.15. The topological polar surface area (TPSA) is 43.3 Å². The molecule has 0 aliphatic rings. The van der Waals surface area contributed by atoms with E-state index >= 15 is 0 Å². The zero-order valence-electron chi connectivity index (χ0n) is 8.74. The lowest BCUT2D eigenvalue weighted by molar-refractivity contribution is 0.752. The third-order valence-corrected chi connectivity index (χ3v) is 3.74. The van der Waals surface area contributed by atoms with Gasteiger partial charge < -0.3 is 5.73 Å². The van der Waals surface area contributed by atoms with Crippen molar-refractivity contribution in [3.8, 4) is 0 Å². The first-order valence-electron chi connectivity index (χ1n) is 4.78. The number of aryl methyl sites for hydroxylation is 2. The Morgan fingerprint density at radius 1 is 1.57 bits per heavy atom. The van der Waals surface area contributed by atoms with Crippen LogP contribution in [0.2, 0.25) is 0 Å². The van der Waals surface area contributed by atoms with Crippen molar-refractivity contribution in [3.63, 3.8) is 0 Å². The Morgan fingerprint density at radius 2 is 2.29 bits per heavy atom. The number of nitrogens with two attached hydrogens (primary N) is 1. The van der Waals surface area contributed by atoms with Crippen molar-refractivity contribution in [2.24, 2.45) is 5.73 Å². The number of nitrogens with zero attached hydrogens (tertiary/aromatic N) is 2. The maximum Gasteiger partial charge on any atom is 0.194 e. The Balaban J connectivity index is 2.53. The van der Waals surface area contributed by atoms with E-state index < -0.39 is 0 Å². The highest BCUT2D eigenvalue weighted by molar-refractivity contribution is 7.17. The Bertz CT molecular complexity index is 455. The minimum absolute atomic E-state index is 0.349. The van der Waals surface area contributed by atoms with E-state index in [4.69, 9.17) is 5.73 Å². The average Bonchev–Trinajstić information content (AvgIpc) is 2.68. The van der Waals surface area contributed by atoms with Gasteiger partial charge in [0.1, 0.15) is 0 Å². The van der Waals surface area contributed by atoms with Gasteiger partial charge in [0.2, 0.25) is 0 Å². The van der Waals surface area contributed by atoms with E-state index in [0.29, 0.717) is 12.5 Å². The van der Waals surface area contributed by atoms with E-state index in [9.17, 15) is 0 Å². The van der Waals surface area contributed by atoms with Gasteiger partial charge in [-0.2, -0.15) is 0 Å². The van der Waals surface area contributed by atoms with Crippen molar-refractivity contribution in [1.82, 2.24) is 9.38 Å². The molecule has 2 N–H and O–H groups in total. The molecule has 4 heteroatoms. The summed E-state index contributed by atoms with van der Waals surface area (Å²) in [6.45, 7) is 7.01. The number of imidazole rings is 1. The Hall–Kier alpha value is -0.870. The van der Waals surface area contributed by atoms with Crippen LogP contribution in [-0.4, -0.2) is 15.9 Å². The fourth-order valence-electron chi connectivity index (χ4n) is 1.43. The van der Waals surface area contributed by atoms with Gasteiger partial charge in [-0.15, -0.1) is 11.3 Å². The maximum absolute atomic E-state index is 5.62. The maximum atomic E-state index is 5.62. The molecule has 1 atom stereocenters. The second kappa shape index (κ2) is 3.37. The van der Waals surface area contributed by atoms with Crippen molar-refractivity contribution in [2.75, 3.05) is 6.54 Å². The monoisotopic (exact) mass is 209 g/mol. The quantitative estimate of drug-likeness (QED) is 0.823. The van der Waals surface area contributed by atoms with Crippen molar-refractivity contribution >= 4 is 16.3 Å². The fourth-order valence-corrected chi connectivity index (χ4v) is 2.39. The smallest absolute Gasteiger partial charge is 0.194 e. The second-order valence-corrected chi connectivity index (χ2v) is 4.88. The number of aromatic nitrogens is 2. The summed E-state index contributed by atoms with van der Waals surface area (Å²) in [4.78, 5) is 6.98. The summed E-state index contributed by atoms with van der Waals surface area (Å²) in [5, 5.41) is 0. The molecule has 0 radical (unpaired) electrons. The molecule has 0 bridgehead atoms. The summed E-state index contributed by atoms with van der Waals surface area (Å²) >= 11 is 1.74. The molecule has 0 fully saturated rings. The number of hydrogen-bond acceptors (Lipinski definition) is 3. The fraction of sp³-hybridized carbons (Fsp3) is 0.500. The molecule has 0 spiro atoms. The zero-order chi connectivity index (χ0) is 10.3. The number of hydrogen-bond donors (Lipinski definition) is 1. The highest BCUT2D eigenvalue weighted by atomic mass is 32.1. The predicted octanol–water partition coefficient (Wildman–Crippen LogP) is 2.07. The van der Waals surface area contributed by atoms with E-state index in [0.717, 1.165) is 10.7 Å². The van der Waals surface area contributed by atoms with Crippen molar-refractivity contribution in [2.45, 2.75) is 26.7 Å². The molecule has 0 aliphatic heterocycles. The molecule has 76 valence electrons. The van der Waals surface area contributed by atoms with E-state index in [1.807, 2.05) is 0 Å². The molecular weight excluding hydrogens is 194 g/mol. The molecular formula is C10H15N3S. The van der Waals surface area contributed by atoms with Crippen molar-refractivity contribution < 1.29 is 0 Å². The summed E-state index contributed by atoms with van der Waals surface area (Å²) in [5.74, 6) is 0.349. The normalized spacial score (nSPS) is 13.7. The van der Waals surface area contributed by atoms with Gasteiger partial charge in [-0.25, -0.2) is 4.98 Å². The molecule has 2 heterocycles. The van der Waals surface area contributed by atoms with Gasteiger partial charge in [0.15, 0.2) is 4.96 Å². The third-order valence-electron chi connectivity index (χ3n) is 2.67. The Morgan fingerprint density at radius 3 is 2.86 bits per heavy atom. The summed E-state index contributed by atoms with van der Waals surface area (Å²) in [6.07, 6.45) is 2.10. The minimum atomic E-state index is 0.349. The largest absolute Gasteiger partial charge is 0.330 e. The second-order valence-electron chi connectivity index (χ2n) is 3.70. The van der Waals surface area contributed by atoms with Crippen LogP contribution < -0.4 is 5.73 Å². The number of rotatable bonds is 2. The molecule has 0 saturated heterocycles. The average molecular weight is 209 g/mol. The lowest BCUT2D eigenvalue weighted by Gasteiger charge is -2.01. The standard InChI is InChI=1S/C10H15N3S/c1-6(4-11)9-5-13-7(2)8(3)14-10(13)12-9/h5-6H,4,11H2,1-3H3. The van der Waals surface area contributed by atoms with Crippen LogP contribution in [0.4, 0.5) is 0 Å². The lowest BCUT2D eigenvalue weighted by atomic mass is 10.1. The molecule has 0 saturated carbocycles. The van der Waals surface area contributed by atoms with Gasteiger partial charge in [-0.1, -0.05) is 6.92 Å². The highest BCUT2D eigenvalue weighted by Crippen LogP contribution is 2.24. The van der Waals surface area contributed by atoms with Crippen molar-refractivity contribution in [1.29, 1.82) is 0 Å². The first kappa shape index (κ1) is 9.68. The minimum Gasteiger partial charge on any atom is -0.330 e. The van der Waals surface area contributed by atoms with E-state index in [1.165, 1.54) is 10.6 Å². The van der Waals surface area contributed by atoms with Gasteiger partial charge in [0.25, 0.3) is 0 Å². The molecule has 14 heavy (non-hydrogen) atoms. The van der Waals surface area contributed by atoms with Crippen LogP contribution in [0.15, 0.2) is 6.20 Å². The molecule has 0 amide bonds. The summed E-state index contributed by atoms with van der Waals surface area (Å²) in [6, 6.07) is 0. The zero-order valence-corrected chi connectivity index (χ0v) is 9.56. The SMILES string of the molecule is Cc1sc2nc(C(C)CN)cn2c1C. The van der Waals surface area contributed by atoms with Crippen LogP contribution >= 0.6 is 11.3 Å². The molecule has 2 aromatic heterocycles. The first-order chi connectivity index (χ1) is 6.63. The van der Waals surface area contributed by atoms with Crippen LogP contribution in [0.25, 0.3) is 4.96 Å². The van der Waals surface area contributed by atoms with Crippen molar-refractivity contribution in [3.05, 3.63) is 22.5 Å². The molecule has 2 aromatic rings. The molecule has 0 aliphatic carbocycles. The number of fused-ring (bicyclic) bond motifs is 1. The summed E-state index contributed by atoms with van der Waals surface area (Å²) in [7, 11) is 0. The highest BCUT2D eigenvalue weighted by Gasteiger charge is 2.12. The van der Waals surface area contributed by atoms with Crippen LogP contribution in [-0.2, 0) is 0 Å². The first-order valence-corrected chi connectivity index (χ1v) is 5.60. The number of thiazole rings is 1. The van der Waals surface area contributed by atoms with Gasteiger partial charge in [0.05, 0.1) is 5.69 Å². The third kappa shape index (κ3) is 1.35.